The normalized spacial score (nSPS) is 14.0. The monoisotopic (exact) mass is 483 g/mol. The van der Waals surface area contributed by atoms with Crippen LogP contribution in [0.2, 0.25) is 0 Å². The maximum Gasteiger partial charge on any atom is 2.00 e. The van der Waals surface area contributed by atoms with E-state index in [0.29, 0.717) is 0 Å². The van der Waals surface area contributed by atoms with Crippen LogP contribution in [-0.4, -0.2) is 55.3 Å². The van der Waals surface area contributed by atoms with Crippen molar-refractivity contribution in [3.63, 3.8) is 0 Å². The van der Waals surface area contributed by atoms with Crippen LogP contribution < -0.4 is 10.4 Å². The van der Waals surface area contributed by atoms with Gasteiger partial charge in [-0.2, -0.15) is 6.42 Å². The quantitative estimate of drug-likeness (QED) is 0.219. The van der Waals surface area contributed by atoms with Gasteiger partial charge in [-0.1, -0.05) is 121 Å². The van der Waals surface area contributed by atoms with Gasteiger partial charge in [-0.05, 0) is 37.0 Å². The molecule has 0 amide bonds. The number of likely N-dealkylation sites (tertiary alicyclic amines) is 1. The minimum Gasteiger partial charge on any atom is -0.343 e. The fraction of sp³-hybridized carbons (Fsp3) is 0.310. The van der Waals surface area contributed by atoms with Crippen molar-refractivity contribution in [1.82, 2.24) is 4.90 Å². The Hall–Kier alpha value is -1.05. The molecule has 3 aromatic rings. The van der Waals surface area contributed by atoms with E-state index in [1.54, 1.807) is 0 Å². The Morgan fingerprint density at radius 3 is 1.70 bits per heavy atom. The Morgan fingerprint density at radius 1 is 0.788 bits per heavy atom. The van der Waals surface area contributed by atoms with Crippen molar-refractivity contribution in [2.24, 2.45) is 0 Å². The molecule has 1 aliphatic heterocycles. The van der Waals surface area contributed by atoms with Gasteiger partial charge in [0.25, 0.3) is 0 Å². The van der Waals surface area contributed by atoms with Gasteiger partial charge in [0.15, 0.2) is 0 Å². The maximum absolute atomic E-state index is 3.60. The molecular weight excluding hydrogens is 447 g/mol. The molecule has 170 valence electrons. The second kappa shape index (κ2) is 15.8. The summed E-state index contributed by atoms with van der Waals surface area (Å²) in [6.45, 7) is 8.19. The predicted molar refractivity (Wildman–Crippen MR) is 151 cm³/mol. The minimum absolute atomic E-state index is 0. The van der Waals surface area contributed by atoms with Crippen LogP contribution in [0, 0.1) is 12.3 Å². The molecule has 0 spiro atoms. The van der Waals surface area contributed by atoms with Crippen molar-refractivity contribution >= 4 is 53.3 Å². The molecule has 1 saturated heterocycles. The molecule has 1 heterocycles. The zero-order valence-electron chi connectivity index (χ0n) is 20.2. The Balaban J connectivity index is 0.000000714. The SMILES string of the molecule is [CH2-]CCC.[Mg+2].c1ccc(S[CH-][Si](CN2CCCCC2)(c2ccccc2)c2ccccc2)cc1. The van der Waals surface area contributed by atoms with Crippen LogP contribution in [0.1, 0.15) is 39.0 Å². The number of thioether (sulfide) groups is 1. The summed E-state index contributed by atoms with van der Waals surface area (Å²) in [5.74, 6) is 0. The van der Waals surface area contributed by atoms with Gasteiger partial charge < -0.3 is 23.6 Å². The van der Waals surface area contributed by atoms with Crippen LogP contribution in [-0.2, 0) is 0 Å². The standard InChI is InChI=1S/C25H28NSSi.C4H9.Mg/c1-5-13-23(14-6-1)27-22-28(24-15-7-2-8-16-24,25-17-9-3-10-18-25)21-26-19-11-4-12-20-26;1-3-4-2;/h1-3,5-10,13-18,22H,4,11-12,19-21H2;1,3-4H2,2H3;/q2*-1;+2. The number of piperidine rings is 1. The molecule has 0 atom stereocenters. The summed E-state index contributed by atoms with van der Waals surface area (Å²) in [5.41, 5.74) is 0. The van der Waals surface area contributed by atoms with E-state index in [-0.39, 0.29) is 23.1 Å². The molecule has 0 radical (unpaired) electrons. The van der Waals surface area contributed by atoms with Crippen molar-refractivity contribution in [2.45, 2.75) is 43.9 Å². The van der Waals surface area contributed by atoms with Gasteiger partial charge in [0.05, 0.1) is 0 Å². The summed E-state index contributed by atoms with van der Waals surface area (Å²) >= 11 is 1.92. The average molecular weight is 484 g/mol. The minimum atomic E-state index is -2.05. The van der Waals surface area contributed by atoms with Crippen molar-refractivity contribution in [3.05, 3.63) is 103 Å². The number of unbranched alkanes of at least 4 members (excludes halogenated alkanes) is 1. The molecule has 0 bridgehead atoms. The van der Waals surface area contributed by atoms with Crippen LogP contribution in [0.4, 0.5) is 0 Å². The molecule has 0 unspecified atom stereocenters. The first-order valence-corrected chi connectivity index (χ1v) is 15.1. The molecule has 0 aliphatic carbocycles. The van der Waals surface area contributed by atoms with Crippen molar-refractivity contribution in [3.8, 4) is 0 Å². The largest absolute Gasteiger partial charge is 2.00 e. The summed E-state index contributed by atoms with van der Waals surface area (Å²) in [5, 5.41) is 5.63. The van der Waals surface area contributed by atoms with Gasteiger partial charge in [-0.25, -0.2) is 0 Å². The summed E-state index contributed by atoms with van der Waals surface area (Å²) in [6, 6.07) is 33.3. The van der Waals surface area contributed by atoms with Crippen LogP contribution in [0.25, 0.3) is 0 Å². The van der Waals surface area contributed by atoms with E-state index in [0.717, 1.165) is 6.42 Å². The summed E-state index contributed by atoms with van der Waals surface area (Å²) in [4.78, 5) is 4.04. The fourth-order valence-corrected chi connectivity index (χ4v) is 10.5. The zero-order valence-corrected chi connectivity index (χ0v) is 23.4. The molecule has 3 aromatic carbocycles. The third-order valence-corrected chi connectivity index (χ3v) is 12.3. The van der Waals surface area contributed by atoms with E-state index >= 15 is 0 Å². The van der Waals surface area contributed by atoms with E-state index in [9.17, 15) is 0 Å². The smallest absolute Gasteiger partial charge is 0.343 e. The summed E-state index contributed by atoms with van der Waals surface area (Å²) in [6.07, 6.45) is 7.49. The van der Waals surface area contributed by atoms with E-state index < -0.39 is 8.07 Å². The van der Waals surface area contributed by atoms with Crippen LogP contribution in [0.3, 0.4) is 0 Å². The second-order valence-corrected chi connectivity index (χ2v) is 13.5. The third kappa shape index (κ3) is 8.59. The number of benzene rings is 3. The van der Waals surface area contributed by atoms with Crippen LogP contribution in [0.15, 0.2) is 95.9 Å². The number of rotatable bonds is 8. The van der Waals surface area contributed by atoms with Gasteiger partial charge >= 0.3 is 23.1 Å². The third-order valence-electron chi connectivity index (χ3n) is 5.99. The second-order valence-electron chi connectivity index (χ2n) is 8.44. The molecule has 0 N–H and O–H groups in total. The number of hydrogen-bond donors (Lipinski definition) is 0. The van der Waals surface area contributed by atoms with Gasteiger partial charge in [-0.15, -0.1) is 0 Å². The Kier molecular flexibility index (Phi) is 13.5. The van der Waals surface area contributed by atoms with Crippen molar-refractivity contribution in [1.29, 1.82) is 0 Å². The van der Waals surface area contributed by atoms with Crippen LogP contribution in [0.5, 0.6) is 0 Å². The fourth-order valence-electron chi connectivity index (χ4n) is 4.13. The maximum atomic E-state index is 3.60. The van der Waals surface area contributed by atoms with Gasteiger partial charge in [0, 0.05) is 8.07 Å². The van der Waals surface area contributed by atoms with Crippen LogP contribution >= 0.6 is 11.8 Å². The topological polar surface area (TPSA) is 3.24 Å². The molecule has 4 rings (SSSR count). The molecule has 1 aliphatic rings. The summed E-state index contributed by atoms with van der Waals surface area (Å²) in [7, 11) is -2.05. The molecule has 1 fully saturated rings. The Morgan fingerprint density at radius 2 is 1.24 bits per heavy atom. The molecule has 0 aromatic heterocycles. The first-order chi connectivity index (χ1) is 15.8. The van der Waals surface area contributed by atoms with E-state index in [1.165, 1.54) is 60.2 Å². The average Bonchev–Trinajstić information content (AvgIpc) is 2.89. The molecule has 1 nitrogen and oxygen atoms in total. The molecule has 0 saturated carbocycles. The molecule has 33 heavy (non-hydrogen) atoms. The van der Waals surface area contributed by atoms with Gasteiger partial charge in [0.1, 0.15) is 0 Å². The van der Waals surface area contributed by atoms with Crippen molar-refractivity contribution < 1.29 is 0 Å². The van der Waals surface area contributed by atoms with Crippen molar-refractivity contribution in [2.75, 3.05) is 19.3 Å². The van der Waals surface area contributed by atoms with E-state index in [2.05, 4.69) is 115 Å². The molecule has 4 heteroatoms. The van der Waals surface area contributed by atoms with E-state index in [4.69, 9.17) is 0 Å². The van der Waals surface area contributed by atoms with Gasteiger partial charge in [-0.3, -0.25) is 5.38 Å². The van der Waals surface area contributed by atoms with Gasteiger partial charge in [0.2, 0.25) is 0 Å². The van der Waals surface area contributed by atoms with E-state index in [1.807, 2.05) is 11.8 Å². The predicted octanol–water partition coefficient (Wildman–Crippen LogP) is 6.01. The zero-order chi connectivity index (χ0) is 22.5. The first-order valence-electron chi connectivity index (χ1n) is 12.0. The number of nitrogens with zero attached hydrogens (tertiary/aromatic N) is 1. The number of hydrogen-bond acceptors (Lipinski definition) is 2. The Labute approximate surface area is 223 Å². The molecular formula is C29H37MgNSSi. The Bertz CT molecular complexity index is 828. The first kappa shape index (κ1) is 28.2. The summed E-state index contributed by atoms with van der Waals surface area (Å²) < 4.78 is 0.